The van der Waals surface area contributed by atoms with Crippen molar-refractivity contribution in [3.63, 3.8) is 0 Å². The van der Waals surface area contributed by atoms with Crippen LogP contribution in [0.1, 0.15) is 13.3 Å². The Morgan fingerprint density at radius 1 is 1.30 bits per heavy atom. The summed E-state index contributed by atoms with van der Waals surface area (Å²) < 4.78 is 5.22. The number of likely N-dealkylation sites (N-methyl/N-ethyl adjacent to an activating group) is 1. The minimum atomic E-state index is 0.0244. The maximum atomic E-state index is 11.6. The highest BCUT2D eigenvalue weighted by Crippen LogP contribution is 2.27. The van der Waals surface area contributed by atoms with E-state index in [0.29, 0.717) is 30.3 Å². The van der Waals surface area contributed by atoms with Gasteiger partial charge < -0.3 is 20.7 Å². The molecule has 0 aliphatic heterocycles. The van der Waals surface area contributed by atoms with Crippen LogP contribution in [0.5, 0.6) is 5.75 Å². The lowest BCUT2D eigenvalue weighted by atomic mass is 10.2. The second kappa shape index (κ2) is 9.44. The third-order valence-corrected chi connectivity index (χ3v) is 2.94. The first-order valence-electron chi connectivity index (χ1n) is 6.72. The van der Waals surface area contributed by atoms with Gasteiger partial charge in [-0.1, -0.05) is 18.5 Å². The smallest absolute Gasteiger partial charge is 0.221 e. The third kappa shape index (κ3) is 6.12. The predicted molar refractivity (Wildman–Crippen MR) is 82.7 cm³/mol. The monoisotopic (exact) mass is 299 g/mol. The molecule has 1 aromatic carbocycles. The quantitative estimate of drug-likeness (QED) is 0.609. The molecule has 1 aromatic rings. The summed E-state index contributed by atoms with van der Waals surface area (Å²) in [5.74, 6) is 0.735. The standard InChI is InChI=1S/C14H22ClN3O2/c1-3-16-8-9-18-14(19)6-7-17-12-10-11(15)4-5-13(12)20-2/h4-5,10,16-17H,3,6-9H2,1-2H3,(H,18,19). The van der Waals surface area contributed by atoms with Gasteiger partial charge in [0.1, 0.15) is 5.75 Å². The van der Waals surface area contributed by atoms with Crippen molar-refractivity contribution in [2.45, 2.75) is 13.3 Å². The lowest BCUT2D eigenvalue weighted by molar-refractivity contribution is -0.120. The molecule has 0 unspecified atom stereocenters. The number of nitrogens with one attached hydrogen (secondary N) is 3. The zero-order valence-corrected chi connectivity index (χ0v) is 12.7. The van der Waals surface area contributed by atoms with Gasteiger partial charge in [0.05, 0.1) is 12.8 Å². The molecule has 0 bridgehead atoms. The summed E-state index contributed by atoms with van der Waals surface area (Å²) in [6, 6.07) is 5.34. The Kier molecular flexibility index (Phi) is 7.84. The largest absolute Gasteiger partial charge is 0.495 e. The van der Waals surface area contributed by atoms with Crippen LogP contribution in [-0.2, 0) is 4.79 Å². The first-order chi connectivity index (χ1) is 9.67. The Morgan fingerprint density at radius 3 is 2.80 bits per heavy atom. The molecule has 3 N–H and O–H groups in total. The van der Waals surface area contributed by atoms with E-state index in [1.54, 1.807) is 25.3 Å². The summed E-state index contributed by atoms with van der Waals surface area (Å²) in [4.78, 5) is 11.6. The fraction of sp³-hybridized carbons (Fsp3) is 0.500. The molecule has 0 aliphatic carbocycles. The highest BCUT2D eigenvalue weighted by molar-refractivity contribution is 6.30. The second-order valence-corrected chi connectivity index (χ2v) is 4.66. The molecule has 0 spiro atoms. The molecule has 0 heterocycles. The molecule has 1 amide bonds. The number of carbonyl (C=O) groups is 1. The highest BCUT2D eigenvalue weighted by Gasteiger charge is 2.05. The van der Waals surface area contributed by atoms with Gasteiger partial charge in [-0.3, -0.25) is 4.79 Å². The van der Waals surface area contributed by atoms with E-state index in [9.17, 15) is 4.79 Å². The number of benzene rings is 1. The van der Waals surface area contributed by atoms with E-state index in [4.69, 9.17) is 16.3 Å². The molecule has 6 heteroatoms. The summed E-state index contributed by atoms with van der Waals surface area (Å²) in [5, 5.41) is 9.77. The van der Waals surface area contributed by atoms with Gasteiger partial charge in [-0.05, 0) is 24.7 Å². The molecule has 0 aliphatic rings. The fourth-order valence-corrected chi connectivity index (χ4v) is 1.86. The van der Waals surface area contributed by atoms with Gasteiger partial charge in [-0.25, -0.2) is 0 Å². The minimum Gasteiger partial charge on any atom is -0.495 e. The number of anilines is 1. The van der Waals surface area contributed by atoms with Crippen molar-refractivity contribution in [2.75, 3.05) is 38.6 Å². The van der Waals surface area contributed by atoms with Crippen molar-refractivity contribution >= 4 is 23.2 Å². The number of rotatable bonds is 9. The van der Waals surface area contributed by atoms with Crippen LogP contribution in [0.4, 0.5) is 5.69 Å². The fourth-order valence-electron chi connectivity index (χ4n) is 1.68. The molecule has 0 aromatic heterocycles. The average molecular weight is 300 g/mol. The van der Waals surface area contributed by atoms with E-state index in [1.165, 1.54) is 0 Å². The van der Waals surface area contributed by atoms with Crippen molar-refractivity contribution in [2.24, 2.45) is 0 Å². The molecule has 20 heavy (non-hydrogen) atoms. The minimum absolute atomic E-state index is 0.0244. The zero-order valence-electron chi connectivity index (χ0n) is 12.0. The molecule has 112 valence electrons. The Balaban J connectivity index is 2.29. The number of ether oxygens (including phenoxy) is 1. The average Bonchev–Trinajstić information content (AvgIpc) is 2.44. The van der Waals surface area contributed by atoms with Gasteiger partial charge in [0.25, 0.3) is 0 Å². The third-order valence-electron chi connectivity index (χ3n) is 2.70. The van der Waals surface area contributed by atoms with Crippen molar-refractivity contribution < 1.29 is 9.53 Å². The van der Waals surface area contributed by atoms with Gasteiger partial charge in [-0.15, -0.1) is 0 Å². The SMILES string of the molecule is CCNCCNC(=O)CCNc1cc(Cl)ccc1OC. The van der Waals surface area contributed by atoms with Crippen molar-refractivity contribution in [1.82, 2.24) is 10.6 Å². The molecule has 1 rings (SSSR count). The van der Waals surface area contributed by atoms with E-state index >= 15 is 0 Å². The summed E-state index contributed by atoms with van der Waals surface area (Å²) in [5.41, 5.74) is 0.792. The van der Waals surface area contributed by atoms with Crippen LogP contribution in [0.2, 0.25) is 5.02 Å². The molecule has 0 saturated carbocycles. The van der Waals surface area contributed by atoms with E-state index < -0.39 is 0 Å². The molecular formula is C14H22ClN3O2. The molecule has 0 fully saturated rings. The maximum Gasteiger partial charge on any atom is 0.221 e. The maximum absolute atomic E-state index is 11.6. The Hall–Kier alpha value is -1.46. The van der Waals surface area contributed by atoms with Crippen LogP contribution in [0.3, 0.4) is 0 Å². The number of methoxy groups -OCH3 is 1. The van der Waals surface area contributed by atoms with Gasteiger partial charge >= 0.3 is 0 Å². The number of hydrogen-bond acceptors (Lipinski definition) is 4. The molecule has 0 atom stereocenters. The first kappa shape index (κ1) is 16.6. The summed E-state index contributed by atoms with van der Waals surface area (Å²) in [6.45, 7) is 4.91. The number of halogens is 1. The summed E-state index contributed by atoms with van der Waals surface area (Å²) in [7, 11) is 1.60. The van der Waals surface area contributed by atoms with Crippen LogP contribution in [-0.4, -0.2) is 39.2 Å². The highest BCUT2D eigenvalue weighted by atomic mass is 35.5. The van der Waals surface area contributed by atoms with Crippen molar-refractivity contribution in [1.29, 1.82) is 0 Å². The predicted octanol–water partition coefficient (Wildman–Crippen LogP) is 1.88. The van der Waals surface area contributed by atoms with Gasteiger partial charge in [0.2, 0.25) is 5.91 Å². The van der Waals surface area contributed by atoms with Crippen LogP contribution < -0.4 is 20.7 Å². The van der Waals surface area contributed by atoms with Crippen molar-refractivity contribution in [3.05, 3.63) is 23.2 Å². The van der Waals surface area contributed by atoms with Gasteiger partial charge in [-0.2, -0.15) is 0 Å². The number of carbonyl (C=O) groups excluding carboxylic acids is 1. The normalized spacial score (nSPS) is 10.2. The van der Waals surface area contributed by atoms with E-state index in [1.807, 2.05) is 6.92 Å². The topological polar surface area (TPSA) is 62.4 Å². The first-order valence-corrected chi connectivity index (χ1v) is 7.10. The van der Waals surface area contributed by atoms with E-state index in [0.717, 1.165) is 18.8 Å². The Bertz CT molecular complexity index is 427. The van der Waals surface area contributed by atoms with Crippen LogP contribution >= 0.6 is 11.6 Å². The Morgan fingerprint density at radius 2 is 2.10 bits per heavy atom. The number of amides is 1. The molecule has 0 radical (unpaired) electrons. The second-order valence-electron chi connectivity index (χ2n) is 4.22. The lowest BCUT2D eigenvalue weighted by Crippen LogP contribution is -2.32. The zero-order chi connectivity index (χ0) is 14.8. The molecule has 0 saturated heterocycles. The lowest BCUT2D eigenvalue weighted by Gasteiger charge is -2.11. The summed E-state index contributed by atoms with van der Waals surface area (Å²) in [6.07, 6.45) is 0.405. The van der Waals surface area contributed by atoms with Crippen LogP contribution in [0.25, 0.3) is 0 Å². The van der Waals surface area contributed by atoms with Gasteiger partial charge in [0, 0.05) is 31.1 Å². The van der Waals surface area contributed by atoms with Crippen molar-refractivity contribution in [3.8, 4) is 5.75 Å². The van der Waals surface area contributed by atoms with Gasteiger partial charge in [0.15, 0.2) is 0 Å². The number of hydrogen-bond donors (Lipinski definition) is 3. The van der Waals surface area contributed by atoms with E-state index in [-0.39, 0.29) is 5.91 Å². The molecule has 5 nitrogen and oxygen atoms in total. The Labute approximate surface area is 125 Å². The van der Waals surface area contributed by atoms with Crippen LogP contribution in [0, 0.1) is 0 Å². The van der Waals surface area contributed by atoms with Crippen LogP contribution in [0.15, 0.2) is 18.2 Å². The summed E-state index contributed by atoms with van der Waals surface area (Å²) >= 11 is 5.93. The van der Waals surface area contributed by atoms with E-state index in [2.05, 4.69) is 16.0 Å². The molecular weight excluding hydrogens is 278 g/mol.